The van der Waals surface area contributed by atoms with E-state index in [1.165, 1.54) is 25.3 Å². The summed E-state index contributed by atoms with van der Waals surface area (Å²) in [6, 6.07) is 20.2. The number of halogens is 1. The zero-order valence-corrected chi connectivity index (χ0v) is 19.1. The zero-order chi connectivity index (χ0) is 23.6. The molecule has 0 saturated carbocycles. The van der Waals surface area contributed by atoms with Crippen molar-refractivity contribution in [1.29, 1.82) is 0 Å². The maximum Gasteiger partial charge on any atom is 0.341 e. The molecule has 3 rings (SSSR count). The molecule has 0 spiro atoms. The first-order valence-corrected chi connectivity index (χ1v) is 10.7. The van der Waals surface area contributed by atoms with Crippen LogP contribution in [-0.2, 0) is 16.1 Å². The molecule has 0 atom stereocenters. The van der Waals surface area contributed by atoms with Crippen LogP contribution in [0.25, 0.3) is 6.08 Å². The van der Waals surface area contributed by atoms with E-state index in [-0.39, 0.29) is 28.8 Å². The lowest BCUT2D eigenvalue weighted by atomic mass is 10.1. The van der Waals surface area contributed by atoms with Crippen molar-refractivity contribution in [3.05, 3.63) is 94.5 Å². The van der Waals surface area contributed by atoms with Gasteiger partial charge in [0.2, 0.25) is 5.91 Å². The summed E-state index contributed by atoms with van der Waals surface area (Å²) in [5.74, 6) is 0.0571. The summed E-state index contributed by atoms with van der Waals surface area (Å²) in [7, 11) is 1.42. The van der Waals surface area contributed by atoms with Crippen LogP contribution in [-0.4, -0.2) is 25.6 Å². The molecule has 0 aliphatic carbocycles. The molecular formula is C26H24ClNO5. The lowest BCUT2D eigenvalue weighted by Gasteiger charge is -2.12. The molecule has 170 valence electrons. The highest BCUT2D eigenvalue weighted by Crippen LogP contribution is 2.31. The summed E-state index contributed by atoms with van der Waals surface area (Å²) < 4.78 is 16.0. The van der Waals surface area contributed by atoms with Gasteiger partial charge in [0, 0.05) is 12.1 Å². The smallest absolute Gasteiger partial charge is 0.341 e. The monoisotopic (exact) mass is 465 g/mol. The fourth-order valence-electron chi connectivity index (χ4n) is 2.95. The van der Waals surface area contributed by atoms with Crippen LogP contribution in [0.1, 0.15) is 28.4 Å². The number of methoxy groups -OCH3 is 1. The zero-order valence-electron chi connectivity index (χ0n) is 18.3. The molecule has 0 aliphatic rings. The van der Waals surface area contributed by atoms with Gasteiger partial charge in [-0.05, 0) is 42.3 Å². The molecule has 1 N–H and O–H groups in total. The highest BCUT2D eigenvalue weighted by molar-refractivity contribution is 6.34. The summed E-state index contributed by atoms with van der Waals surface area (Å²) in [4.78, 5) is 24.4. The number of carbonyl (C=O) groups is 2. The summed E-state index contributed by atoms with van der Waals surface area (Å²) in [6.07, 6.45) is 3.07. The molecule has 0 aromatic heterocycles. The van der Waals surface area contributed by atoms with E-state index >= 15 is 0 Å². The third-order valence-electron chi connectivity index (χ3n) is 4.60. The van der Waals surface area contributed by atoms with Crippen molar-refractivity contribution in [3.63, 3.8) is 0 Å². The molecule has 0 bridgehead atoms. The van der Waals surface area contributed by atoms with Crippen molar-refractivity contribution in [2.75, 3.05) is 19.0 Å². The second-order valence-electron chi connectivity index (χ2n) is 6.92. The van der Waals surface area contributed by atoms with Gasteiger partial charge in [0.15, 0.2) is 0 Å². The largest absolute Gasteiger partial charge is 0.496 e. The number of benzene rings is 3. The van der Waals surface area contributed by atoms with Crippen LogP contribution in [0.4, 0.5) is 5.69 Å². The van der Waals surface area contributed by atoms with Gasteiger partial charge in [0.25, 0.3) is 0 Å². The molecule has 1 amide bonds. The van der Waals surface area contributed by atoms with Crippen LogP contribution >= 0.6 is 11.6 Å². The lowest BCUT2D eigenvalue weighted by Crippen LogP contribution is -2.11. The van der Waals surface area contributed by atoms with E-state index in [2.05, 4.69) is 5.32 Å². The molecular weight excluding hydrogens is 442 g/mol. The molecule has 33 heavy (non-hydrogen) atoms. The van der Waals surface area contributed by atoms with E-state index in [1.807, 2.05) is 54.6 Å². The predicted molar refractivity (Wildman–Crippen MR) is 129 cm³/mol. The second-order valence-corrected chi connectivity index (χ2v) is 7.33. The Kier molecular flexibility index (Phi) is 8.49. The maximum absolute atomic E-state index is 12.4. The van der Waals surface area contributed by atoms with E-state index in [0.29, 0.717) is 12.3 Å². The van der Waals surface area contributed by atoms with E-state index in [0.717, 1.165) is 16.9 Å². The SMILES string of the molecule is CCOC(=O)c1cc(Cl)c(NC(=O)/C=C/c2ccc(OCc3ccccc3)cc2)cc1OC. The van der Waals surface area contributed by atoms with Gasteiger partial charge in [-0.1, -0.05) is 54.1 Å². The predicted octanol–water partition coefficient (Wildman–Crippen LogP) is 5.76. The van der Waals surface area contributed by atoms with Crippen molar-refractivity contribution in [1.82, 2.24) is 0 Å². The van der Waals surface area contributed by atoms with Crippen molar-refractivity contribution in [2.45, 2.75) is 13.5 Å². The first kappa shape index (κ1) is 23.9. The Morgan fingerprint density at radius 1 is 1.03 bits per heavy atom. The van der Waals surface area contributed by atoms with Crippen LogP contribution < -0.4 is 14.8 Å². The first-order chi connectivity index (χ1) is 16.0. The van der Waals surface area contributed by atoms with Crippen molar-refractivity contribution < 1.29 is 23.8 Å². The Morgan fingerprint density at radius 3 is 2.42 bits per heavy atom. The fourth-order valence-corrected chi connectivity index (χ4v) is 3.16. The number of hydrogen-bond acceptors (Lipinski definition) is 5. The first-order valence-electron chi connectivity index (χ1n) is 10.3. The Bertz CT molecular complexity index is 1130. The number of ether oxygens (including phenoxy) is 3. The van der Waals surface area contributed by atoms with Crippen molar-refractivity contribution in [3.8, 4) is 11.5 Å². The molecule has 6 nitrogen and oxygen atoms in total. The minimum Gasteiger partial charge on any atom is -0.496 e. The van der Waals surface area contributed by atoms with Crippen molar-refractivity contribution in [2.24, 2.45) is 0 Å². The number of amides is 1. The van der Waals surface area contributed by atoms with Crippen LogP contribution in [0.2, 0.25) is 5.02 Å². The van der Waals surface area contributed by atoms with Crippen molar-refractivity contribution >= 4 is 35.2 Å². The van der Waals surface area contributed by atoms with E-state index in [4.69, 9.17) is 25.8 Å². The number of hydrogen-bond donors (Lipinski definition) is 1. The van der Waals surface area contributed by atoms with Crippen LogP contribution in [0.3, 0.4) is 0 Å². The van der Waals surface area contributed by atoms with Gasteiger partial charge in [-0.3, -0.25) is 4.79 Å². The number of esters is 1. The van der Waals surface area contributed by atoms with Crippen LogP contribution in [0, 0.1) is 0 Å². The Morgan fingerprint density at radius 2 is 1.76 bits per heavy atom. The Hall–Kier alpha value is -3.77. The third kappa shape index (κ3) is 6.85. The number of carbonyl (C=O) groups excluding carboxylic acids is 2. The topological polar surface area (TPSA) is 73.9 Å². The Balaban J connectivity index is 1.61. The molecule has 0 unspecified atom stereocenters. The normalized spacial score (nSPS) is 10.6. The molecule has 0 fully saturated rings. The number of rotatable bonds is 9. The van der Waals surface area contributed by atoms with Gasteiger partial charge in [-0.2, -0.15) is 0 Å². The van der Waals surface area contributed by atoms with Gasteiger partial charge in [-0.25, -0.2) is 4.79 Å². The van der Waals surface area contributed by atoms with E-state index in [1.54, 1.807) is 13.0 Å². The maximum atomic E-state index is 12.4. The average Bonchev–Trinajstić information content (AvgIpc) is 2.84. The van der Waals surface area contributed by atoms with Crippen LogP contribution in [0.15, 0.2) is 72.8 Å². The third-order valence-corrected chi connectivity index (χ3v) is 4.91. The van der Waals surface area contributed by atoms with Gasteiger partial charge in [0.1, 0.15) is 23.7 Å². The van der Waals surface area contributed by atoms with Gasteiger partial charge >= 0.3 is 5.97 Å². The molecule has 0 aliphatic heterocycles. The fraction of sp³-hybridized carbons (Fsp3) is 0.154. The number of anilines is 1. The standard InChI is InChI=1S/C26H24ClNO5/c1-3-32-26(30)21-15-22(27)23(16-24(21)31-2)28-25(29)14-11-18-9-12-20(13-10-18)33-17-19-7-5-4-6-8-19/h4-16H,3,17H2,1-2H3,(H,28,29)/b14-11+. The molecule has 0 saturated heterocycles. The molecule has 3 aromatic rings. The highest BCUT2D eigenvalue weighted by Gasteiger charge is 2.17. The summed E-state index contributed by atoms with van der Waals surface area (Å²) in [5, 5.41) is 2.88. The van der Waals surface area contributed by atoms with Crippen LogP contribution in [0.5, 0.6) is 11.5 Å². The minimum absolute atomic E-state index is 0.187. The quantitative estimate of drug-likeness (QED) is 0.321. The summed E-state index contributed by atoms with van der Waals surface area (Å²) >= 11 is 6.24. The highest BCUT2D eigenvalue weighted by atomic mass is 35.5. The van der Waals surface area contributed by atoms with E-state index < -0.39 is 5.97 Å². The minimum atomic E-state index is -0.551. The summed E-state index contributed by atoms with van der Waals surface area (Å²) in [6.45, 7) is 2.42. The number of nitrogens with one attached hydrogen (secondary N) is 1. The molecule has 7 heteroatoms. The average molecular weight is 466 g/mol. The molecule has 0 radical (unpaired) electrons. The van der Waals surface area contributed by atoms with Gasteiger partial charge < -0.3 is 19.5 Å². The van der Waals surface area contributed by atoms with Gasteiger partial charge in [0.05, 0.1) is 24.4 Å². The molecule has 3 aromatic carbocycles. The second kappa shape index (κ2) is 11.7. The lowest BCUT2D eigenvalue weighted by molar-refractivity contribution is -0.111. The summed E-state index contributed by atoms with van der Waals surface area (Å²) in [5.41, 5.74) is 2.43. The molecule has 0 heterocycles. The Labute approximate surface area is 197 Å². The van der Waals surface area contributed by atoms with E-state index in [9.17, 15) is 9.59 Å². The van der Waals surface area contributed by atoms with Gasteiger partial charge in [-0.15, -0.1) is 0 Å².